The van der Waals surface area contributed by atoms with Gasteiger partial charge in [-0.1, -0.05) is 35.7 Å². The van der Waals surface area contributed by atoms with Crippen LogP contribution >= 0.6 is 27.3 Å². The first-order chi connectivity index (χ1) is 18.5. The van der Waals surface area contributed by atoms with E-state index >= 15 is 0 Å². The van der Waals surface area contributed by atoms with E-state index in [1.807, 2.05) is 36.6 Å². The number of hydrogen-bond acceptors (Lipinski definition) is 7. The Morgan fingerprint density at radius 1 is 1.16 bits per heavy atom. The summed E-state index contributed by atoms with van der Waals surface area (Å²) in [7, 11) is 0. The number of hydrogen-bond donors (Lipinski definition) is 2. The highest BCUT2D eigenvalue weighted by Gasteiger charge is 2.12. The Kier molecular flexibility index (Phi) is 9.14. The van der Waals surface area contributed by atoms with Crippen molar-refractivity contribution < 1.29 is 14.3 Å². The number of aryl methyl sites for hydroxylation is 1. The maximum atomic E-state index is 12.6. The molecule has 0 atom stereocenters. The molecular weight excluding hydrogens is 564 g/mol. The van der Waals surface area contributed by atoms with Crippen molar-refractivity contribution in [3.8, 4) is 35.1 Å². The lowest BCUT2D eigenvalue weighted by Crippen LogP contribution is -2.17. The zero-order chi connectivity index (χ0) is 26.9. The van der Waals surface area contributed by atoms with Crippen molar-refractivity contribution in [2.24, 2.45) is 5.10 Å². The van der Waals surface area contributed by atoms with Gasteiger partial charge in [0, 0.05) is 22.2 Å². The highest BCUT2D eigenvalue weighted by Crippen LogP contribution is 2.36. The number of terminal acetylenes is 1. The largest absolute Gasteiger partial charge is 0.490 e. The third-order valence-corrected chi connectivity index (χ3v) is 6.61. The van der Waals surface area contributed by atoms with E-state index in [0.29, 0.717) is 33.7 Å². The third kappa shape index (κ3) is 7.00. The minimum Gasteiger partial charge on any atom is -0.490 e. The zero-order valence-corrected chi connectivity index (χ0v) is 23.2. The molecule has 4 rings (SSSR count). The fourth-order valence-corrected chi connectivity index (χ4v) is 4.74. The smallest absolute Gasteiger partial charge is 0.271 e. The van der Waals surface area contributed by atoms with Crippen LogP contribution in [0.2, 0.25) is 0 Å². The molecule has 0 aliphatic rings. The molecule has 38 heavy (non-hydrogen) atoms. The van der Waals surface area contributed by atoms with Crippen LogP contribution in [0.5, 0.6) is 11.5 Å². The summed E-state index contributed by atoms with van der Waals surface area (Å²) in [5.41, 5.74) is 7.68. The number of nitrogens with zero attached hydrogens (tertiary/aromatic N) is 2. The SMILES string of the molecule is C#CCOc1c(Br)cc(/C=N\NC(=O)c2ccc(-c3csc(Nc4ccc(C)cc4)n3)cc2)cc1OCC. The van der Waals surface area contributed by atoms with Crippen LogP contribution in [-0.2, 0) is 0 Å². The van der Waals surface area contributed by atoms with E-state index in [1.165, 1.54) is 23.1 Å². The summed E-state index contributed by atoms with van der Waals surface area (Å²) in [5, 5.41) is 10.2. The minimum absolute atomic E-state index is 0.120. The Labute approximate surface area is 234 Å². The molecule has 9 heteroatoms. The molecule has 7 nitrogen and oxygen atoms in total. The maximum Gasteiger partial charge on any atom is 0.271 e. The number of ether oxygens (including phenoxy) is 2. The quantitative estimate of drug-likeness (QED) is 0.121. The van der Waals surface area contributed by atoms with E-state index in [1.54, 1.807) is 24.3 Å². The number of halogens is 1. The van der Waals surface area contributed by atoms with Crippen LogP contribution in [0.4, 0.5) is 10.8 Å². The van der Waals surface area contributed by atoms with Gasteiger partial charge in [-0.3, -0.25) is 4.79 Å². The molecule has 0 radical (unpaired) electrons. The first-order valence-corrected chi connectivity index (χ1v) is 13.4. The number of aromatic nitrogens is 1. The summed E-state index contributed by atoms with van der Waals surface area (Å²) >= 11 is 4.99. The van der Waals surface area contributed by atoms with E-state index in [2.05, 4.69) is 61.7 Å². The van der Waals surface area contributed by atoms with E-state index in [4.69, 9.17) is 15.9 Å². The van der Waals surface area contributed by atoms with Crippen molar-refractivity contribution in [1.29, 1.82) is 0 Å². The summed E-state index contributed by atoms with van der Waals surface area (Å²) in [6.07, 6.45) is 6.82. The number of carbonyl (C=O) groups is 1. The number of nitrogens with one attached hydrogen (secondary N) is 2. The van der Waals surface area contributed by atoms with Gasteiger partial charge in [-0.2, -0.15) is 5.10 Å². The van der Waals surface area contributed by atoms with E-state index in [9.17, 15) is 4.79 Å². The molecule has 4 aromatic rings. The lowest BCUT2D eigenvalue weighted by Gasteiger charge is -2.13. The second-order valence-corrected chi connectivity index (χ2v) is 9.77. The molecule has 0 saturated heterocycles. The molecule has 0 aliphatic carbocycles. The molecule has 192 valence electrons. The van der Waals surface area contributed by atoms with Gasteiger partial charge in [-0.15, -0.1) is 17.8 Å². The predicted molar refractivity (Wildman–Crippen MR) is 157 cm³/mol. The van der Waals surface area contributed by atoms with Crippen LogP contribution in [0.1, 0.15) is 28.4 Å². The molecule has 0 unspecified atom stereocenters. The number of rotatable bonds is 10. The Bertz CT molecular complexity index is 1480. The third-order valence-electron chi connectivity index (χ3n) is 5.26. The van der Waals surface area contributed by atoms with Gasteiger partial charge in [0.05, 0.1) is 23.0 Å². The Morgan fingerprint density at radius 2 is 1.92 bits per heavy atom. The van der Waals surface area contributed by atoms with E-state index in [-0.39, 0.29) is 12.5 Å². The fraction of sp³-hybridized carbons (Fsp3) is 0.138. The van der Waals surface area contributed by atoms with Crippen LogP contribution in [0.25, 0.3) is 11.3 Å². The van der Waals surface area contributed by atoms with Crippen molar-refractivity contribution in [2.75, 3.05) is 18.5 Å². The van der Waals surface area contributed by atoms with E-state index in [0.717, 1.165) is 22.1 Å². The summed E-state index contributed by atoms with van der Waals surface area (Å²) < 4.78 is 11.9. The van der Waals surface area contributed by atoms with E-state index < -0.39 is 0 Å². The van der Waals surface area contributed by atoms with Crippen molar-refractivity contribution >= 4 is 50.2 Å². The summed E-state index contributed by atoms with van der Waals surface area (Å²) in [6.45, 7) is 4.50. The Morgan fingerprint density at radius 3 is 2.63 bits per heavy atom. The van der Waals surface area contributed by atoms with Crippen LogP contribution in [0, 0.1) is 19.3 Å². The van der Waals surface area contributed by atoms with Gasteiger partial charge in [-0.05, 0) is 71.7 Å². The lowest BCUT2D eigenvalue weighted by molar-refractivity contribution is 0.0955. The topological polar surface area (TPSA) is 84.8 Å². The second kappa shape index (κ2) is 12.9. The molecule has 0 fully saturated rings. The molecule has 0 bridgehead atoms. The molecule has 3 aromatic carbocycles. The number of carbonyl (C=O) groups excluding carboxylic acids is 1. The van der Waals surface area contributed by atoms with Gasteiger partial charge in [-0.25, -0.2) is 10.4 Å². The highest BCUT2D eigenvalue weighted by molar-refractivity contribution is 9.10. The number of benzene rings is 3. The first kappa shape index (κ1) is 26.9. The Balaban J connectivity index is 1.38. The average Bonchev–Trinajstić information content (AvgIpc) is 3.38. The van der Waals surface area contributed by atoms with Crippen LogP contribution in [0.3, 0.4) is 0 Å². The van der Waals surface area contributed by atoms with Crippen LogP contribution < -0.4 is 20.2 Å². The van der Waals surface area contributed by atoms with Crippen LogP contribution in [0.15, 0.2) is 75.6 Å². The predicted octanol–water partition coefficient (Wildman–Crippen LogP) is 6.80. The van der Waals surface area contributed by atoms with Gasteiger partial charge in [0.1, 0.15) is 6.61 Å². The summed E-state index contributed by atoms with van der Waals surface area (Å²) in [4.78, 5) is 17.3. The number of amides is 1. The molecule has 1 amide bonds. The molecule has 2 N–H and O–H groups in total. The van der Waals surface area contributed by atoms with Gasteiger partial charge in [0.2, 0.25) is 0 Å². The lowest BCUT2D eigenvalue weighted by atomic mass is 10.1. The van der Waals surface area contributed by atoms with Gasteiger partial charge in [0.15, 0.2) is 16.6 Å². The number of anilines is 2. The van der Waals surface area contributed by atoms with Crippen molar-refractivity contribution in [1.82, 2.24) is 10.4 Å². The molecule has 0 saturated carbocycles. The minimum atomic E-state index is -0.328. The van der Waals surface area contributed by atoms with Gasteiger partial charge >= 0.3 is 0 Å². The average molecular weight is 590 g/mol. The molecular formula is C29H25BrN4O3S. The monoisotopic (exact) mass is 588 g/mol. The summed E-state index contributed by atoms with van der Waals surface area (Å²) in [5.74, 6) is 3.15. The second-order valence-electron chi connectivity index (χ2n) is 8.06. The standard InChI is InChI=1S/C29H25BrN4O3S/c1-4-14-37-27-24(30)15-20(16-26(27)36-5-2)17-31-34-28(35)22-10-8-21(9-11-22)25-18-38-29(33-25)32-23-12-6-19(3)7-13-23/h1,6-13,15-18H,5,14H2,2-3H3,(H,32,33)(H,34,35)/b31-17-. The van der Waals surface area contributed by atoms with Crippen molar-refractivity contribution in [2.45, 2.75) is 13.8 Å². The zero-order valence-electron chi connectivity index (χ0n) is 20.8. The number of hydrazone groups is 1. The first-order valence-electron chi connectivity index (χ1n) is 11.7. The Hall–Kier alpha value is -4.13. The van der Waals surface area contributed by atoms with Crippen molar-refractivity contribution in [3.05, 3.63) is 87.2 Å². The van der Waals surface area contributed by atoms with Crippen molar-refractivity contribution in [3.63, 3.8) is 0 Å². The molecule has 1 heterocycles. The highest BCUT2D eigenvalue weighted by atomic mass is 79.9. The van der Waals surface area contributed by atoms with Gasteiger partial charge < -0.3 is 14.8 Å². The molecule has 0 aliphatic heterocycles. The molecule has 0 spiro atoms. The van der Waals surface area contributed by atoms with Gasteiger partial charge in [0.25, 0.3) is 5.91 Å². The summed E-state index contributed by atoms with van der Waals surface area (Å²) in [6, 6.07) is 18.9. The molecule has 1 aromatic heterocycles. The number of thiazole rings is 1. The fourth-order valence-electron chi connectivity index (χ4n) is 3.43. The maximum absolute atomic E-state index is 12.6. The normalized spacial score (nSPS) is 10.7. The van der Waals surface area contributed by atoms with Crippen LogP contribution in [-0.4, -0.2) is 30.3 Å².